The SMILES string of the molecule is CC(C)C(NCl)c1[nH+]c(C(=O)O)cs1. The fraction of sp³-hybridized carbons (Fsp3) is 0.500. The molecule has 14 heavy (non-hydrogen) atoms. The second-order valence-electron chi connectivity index (χ2n) is 3.27. The molecule has 1 aromatic heterocycles. The van der Waals surface area contributed by atoms with E-state index in [4.69, 9.17) is 16.9 Å². The van der Waals surface area contributed by atoms with Crippen molar-refractivity contribution in [2.75, 3.05) is 0 Å². The second kappa shape index (κ2) is 4.72. The highest BCUT2D eigenvalue weighted by molar-refractivity contribution is 7.09. The summed E-state index contributed by atoms with van der Waals surface area (Å²) in [5.41, 5.74) is 0.197. The molecule has 0 saturated heterocycles. The van der Waals surface area contributed by atoms with Gasteiger partial charge in [-0.15, -0.1) is 0 Å². The van der Waals surface area contributed by atoms with Crippen LogP contribution >= 0.6 is 23.1 Å². The van der Waals surface area contributed by atoms with E-state index in [0.717, 1.165) is 5.01 Å². The predicted molar refractivity (Wildman–Crippen MR) is 54.4 cm³/mol. The summed E-state index contributed by atoms with van der Waals surface area (Å²) in [5, 5.41) is 11.1. The van der Waals surface area contributed by atoms with E-state index in [1.54, 1.807) is 5.38 Å². The zero-order valence-electron chi connectivity index (χ0n) is 7.87. The number of H-pyrrole nitrogens is 1. The molecule has 0 aliphatic heterocycles. The zero-order valence-corrected chi connectivity index (χ0v) is 9.45. The Balaban J connectivity index is 2.89. The molecule has 0 fully saturated rings. The van der Waals surface area contributed by atoms with Gasteiger partial charge in [-0.1, -0.05) is 25.2 Å². The molecule has 0 radical (unpaired) electrons. The Kier molecular flexibility index (Phi) is 3.86. The molecular weight excluding hydrogens is 224 g/mol. The molecule has 1 aromatic rings. The summed E-state index contributed by atoms with van der Waals surface area (Å²) in [6, 6.07) is -0.0465. The molecule has 0 bridgehead atoms. The van der Waals surface area contributed by atoms with Crippen molar-refractivity contribution in [1.82, 2.24) is 4.84 Å². The van der Waals surface area contributed by atoms with Crippen molar-refractivity contribution in [3.63, 3.8) is 0 Å². The number of thiazole rings is 1. The molecule has 1 atom stereocenters. The highest BCUT2D eigenvalue weighted by Gasteiger charge is 2.25. The van der Waals surface area contributed by atoms with Gasteiger partial charge in [0.1, 0.15) is 6.04 Å². The number of carboxylic acid groups (broad SMARTS) is 1. The van der Waals surface area contributed by atoms with E-state index in [9.17, 15) is 4.79 Å². The Morgan fingerprint density at radius 3 is 2.71 bits per heavy atom. The number of aromatic amines is 1. The number of hydrogen-bond acceptors (Lipinski definition) is 3. The standard InChI is InChI=1S/C8H11ClN2O2S/c1-4(2)6(11-9)7-10-5(3-14-7)8(12)13/h3-4,6,11H,1-2H3,(H,12,13)/p+1. The Morgan fingerprint density at radius 2 is 2.36 bits per heavy atom. The summed E-state index contributed by atoms with van der Waals surface area (Å²) in [6.45, 7) is 4.02. The van der Waals surface area contributed by atoms with Gasteiger partial charge in [-0.25, -0.2) is 9.63 Å². The fourth-order valence-corrected chi connectivity index (χ4v) is 2.52. The number of rotatable bonds is 4. The van der Waals surface area contributed by atoms with Gasteiger partial charge < -0.3 is 5.11 Å². The molecule has 0 aliphatic rings. The molecule has 0 saturated carbocycles. The first kappa shape index (κ1) is 11.4. The largest absolute Gasteiger partial charge is 0.473 e. The van der Waals surface area contributed by atoms with Gasteiger partial charge in [0.15, 0.2) is 0 Å². The van der Waals surface area contributed by atoms with Crippen LogP contribution in [0.1, 0.15) is 35.4 Å². The van der Waals surface area contributed by atoms with Gasteiger partial charge in [0, 0.05) is 0 Å². The highest BCUT2D eigenvalue weighted by Crippen LogP contribution is 2.22. The molecule has 0 aliphatic carbocycles. The molecule has 0 aromatic carbocycles. The molecule has 3 N–H and O–H groups in total. The van der Waals surface area contributed by atoms with Gasteiger partial charge in [-0.2, -0.15) is 4.98 Å². The maximum Gasteiger partial charge on any atom is 0.402 e. The third-order valence-corrected chi connectivity index (χ3v) is 3.06. The first-order valence-corrected chi connectivity index (χ1v) is 5.42. The minimum atomic E-state index is -0.954. The lowest BCUT2D eigenvalue weighted by molar-refractivity contribution is -0.391. The number of aromatic carboxylic acids is 1. The van der Waals surface area contributed by atoms with Crippen molar-refractivity contribution >= 4 is 29.1 Å². The van der Waals surface area contributed by atoms with Crippen LogP contribution in [0.5, 0.6) is 0 Å². The number of aromatic nitrogens is 1. The highest BCUT2D eigenvalue weighted by atomic mass is 35.5. The average molecular weight is 236 g/mol. The summed E-state index contributed by atoms with van der Waals surface area (Å²) < 4.78 is 0. The van der Waals surface area contributed by atoms with E-state index >= 15 is 0 Å². The molecule has 1 heterocycles. The molecule has 78 valence electrons. The van der Waals surface area contributed by atoms with Gasteiger partial charge in [0.05, 0.1) is 5.38 Å². The molecule has 1 unspecified atom stereocenters. The molecular formula is C8H12ClN2O2S+. The van der Waals surface area contributed by atoms with Gasteiger partial charge in [-0.05, 0) is 17.7 Å². The van der Waals surface area contributed by atoms with E-state index in [1.807, 2.05) is 13.8 Å². The monoisotopic (exact) mass is 235 g/mol. The van der Waals surface area contributed by atoms with Crippen molar-refractivity contribution in [3.8, 4) is 0 Å². The van der Waals surface area contributed by atoms with Crippen LogP contribution in [0.3, 0.4) is 0 Å². The third kappa shape index (κ3) is 2.43. The first-order valence-electron chi connectivity index (χ1n) is 4.16. The van der Waals surface area contributed by atoms with Crippen molar-refractivity contribution in [2.24, 2.45) is 5.92 Å². The predicted octanol–water partition coefficient (Wildman–Crippen LogP) is 1.70. The maximum absolute atomic E-state index is 10.6. The zero-order chi connectivity index (χ0) is 10.7. The summed E-state index contributed by atoms with van der Waals surface area (Å²) >= 11 is 6.93. The fourth-order valence-electron chi connectivity index (χ4n) is 1.05. The number of halogens is 1. The van der Waals surface area contributed by atoms with Crippen LogP contribution in [0.2, 0.25) is 0 Å². The van der Waals surface area contributed by atoms with Crippen LogP contribution in [-0.2, 0) is 0 Å². The topological polar surface area (TPSA) is 63.5 Å². The molecule has 4 nitrogen and oxygen atoms in total. The van der Waals surface area contributed by atoms with Crippen molar-refractivity contribution in [2.45, 2.75) is 19.9 Å². The van der Waals surface area contributed by atoms with Crippen LogP contribution in [-0.4, -0.2) is 11.1 Å². The number of carbonyl (C=O) groups is 1. The van der Waals surface area contributed by atoms with Gasteiger partial charge in [0.25, 0.3) is 10.7 Å². The lowest BCUT2D eigenvalue weighted by atomic mass is 10.1. The maximum atomic E-state index is 10.6. The summed E-state index contributed by atoms with van der Waals surface area (Å²) in [6.07, 6.45) is 0. The van der Waals surface area contributed by atoms with E-state index < -0.39 is 5.97 Å². The first-order chi connectivity index (χ1) is 6.56. The van der Waals surface area contributed by atoms with E-state index in [2.05, 4.69) is 9.82 Å². The smallest absolute Gasteiger partial charge is 0.402 e. The van der Waals surface area contributed by atoms with Crippen molar-refractivity contribution in [1.29, 1.82) is 0 Å². The quantitative estimate of drug-likeness (QED) is 0.781. The van der Waals surface area contributed by atoms with E-state index in [0.29, 0.717) is 5.92 Å². The normalized spacial score (nSPS) is 13.1. The molecule has 0 spiro atoms. The Bertz CT molecular complexity index is 327. The number of nitrogens with one attached hydrogen (secondary N) is 2. The van der Waals surface area contributed by atoms with Crippen LogP contribution in [0.4, 0.5) is 0 Å². The number of carboxylic acids is 1. The summed E-state index contributed by atoms with van der Waals surface area (Å²) in [5.74, 6) is -0.659. The lowest BCUT2D eigenvalue weighted by Gasteiger charge is -2.11. The Labute approximate surface area is 91.0 Å². The van der Waals surface area contributed by atoms with Gasteiger partial charge in [0.2, 0.25) is 0 Å². The Morgan fingerprint density at radius 1 is 1.71 bits per heavy atom. The summed E-state index contributed by atoms with van der Waals surface area (Å²) in [4.78, 5) is 16.1. The van der Waals surface area contributed by atoms with E-state index in [-0.39, 0.29) is 11.7 Å². The molecule has 6 heteroatoms. The lowest BCUT2D eigenvalue weighted by Crippen LogP contribution is -2.25. The number of hydrogen-bond donors (Lipinski definition) is 2. The van der Waals surface area contributed by atoms with Crippen LogP contribution in [0, 0.1) is 5.92 Å². The Hall–Kier alpha value is -0.650. The van der Waals surface area contributed by atoms with Crippen molar-refractivity contribution < 1.29 is 14.9 Å². The van der Waals surface area contributed by atoms with Crippen molar-refractivity contribution in [3.05, 3.63) is 16.1 Å². The van der Waals surface area contributed by atoms with Crippen LogP contribution in [0.25, 0.3) is 0 Å². The van der Waals surface area contributed by atoms with Gasteiger partial charge >= 0.3 is 5.97 Å². The van der Waals surface area contributed by atoms with E-state index in [1.165, 1.54) is 11.3 Å². The second-order valence-corrected chi connectivity index (χ2v) is 4.40. The molecule has 1 rings (SSSR count). The molecule has 0 amide bonds. The average Bonchev–Trinajstić information content (AvgIpc) is 2.53. The van der Waals surface area contributed by atoms with Gasteiger partial charge in [-0.3, -0.25) is 0 Å². The minimum absolute atomic E-state index is 0.0465. The minimum Gasteiger partial charge on any atom is -0.473 e. The summed E-state index contributed by atoms with van der Waals surface area (Å²) in [7, 11) is 0. The third-order valence-electron chi connectivity index (χ3n) is 1.86. The van der Waals surface area contributed by atoms with Crippen LogP contribution in [0.15, 0.2) is 5.38 Å². The van der Waals surface area contributed by atoms with Crippen LogP contribution < -0.4 is 9.82 Å².